The first-order chi connectivity index (χ1) is 8.79. The Morgan fingerprint density at radius 1 is 1.33 bits per heavy atom. The number of rotatable bonds is 5. The van der Waals surface area contributed by atoms with Gasteiger partial charge >= 0.3 is 0 Å². The van der Waals surface area contributed by atoms with Gasteiger partial charge in [-0.15, -0.1) is 0 Å². The second-order valence-corrected chi connectivity index (χ2v) is 4.55. The van der Waals surface area contributed by atoms with Crippen LogP contribution in [0.5, 0.6) is 5.75 Å². The van der Waals surface area contributed by atoms with Crippen molar-refractivity contribution in [3.63, 3.8) is 0 Å². The number of hydrogen-bond acceptors (Lipinski definition) is 4. The Kier molecular flexibility index (Phi) is 4.99. The van der Waals surface area contributed by atoms with Crippen molar-refractivity contribution in [2.24, 2.45) is 0 Å². The first kappa shape index (κ1) is 13.3. The molecule has 1 aromatic carbocycles. The average molecular weight is 251 g/mol. The molecule has 1 heterocycles. The van der Waals surface area contributed by atoms with Crippen molar-refractivity contribution in [1.29, 1.82) is 0 Å². The fourth-order valence-corrected chi connectivity index (χ4v) is 2.09. The minimum Gasteiger partial charge on any atom is -0.496 e. The van der Waals surface area contributed by atoms with Crippen molar-refractivity contribution in [1.82, 2.24) is 5.32 Å². The Balaban J connectivity index is 1.77. The second-order valence-electron chi connectivity index (χ2n) is 4.55. The van der Waals surface area contributed by atoms with Crippen molar-refractivity contribution >= 4 is 0 Å². The van der Waals surface area contributed by atoms with E-state index in [0.29, 0.717) is 13.2 Å². The van der Waals surface area contributed by atoms with E-state index >= 15 is 0 Å². The fraction of sp³-hybridized carbons (Fsp3) is 0.571. The lowest BCUT2D eigenvalue weighted by Gasteiger charge is -2.28. The first-order valence-electron chi connectivity index (χ1n) is 6.35. The maximum absolute atomic E-state index is 5.76. The molecule has 0 amide bonds. The lowest BCUT2D eigenvalue weighted by atomic mass is 10.2. The smallest absolute Gasteiger partial charge is 0.124 e. The molecule has 0 saturated carbocycles. The van der Waals surface area contributed by atoms with E-state index in [1.165, 1.54) is 0 Å². The molecule has 4 heteroatoms. The molecule has 0 aliphatic carbocycles. The molecule has 0 bridgehead atoms. The molecule has 100 valence electrons. The van der Waals surface area contributed by atoms with Crippen molar-refractivity contribution in [2.45, 2.75) is 25.7 Å². The van der Waals surface area contributed by atoms with Gasteiger partial charge in [0.2, 0.25) is 0 Å². The molecule has 2 unspecified atom stereocenters. The highest BCUT2D eigenvalue weighted by Gasteiger charge is 2.18. The zero-order chi connectivity index (χ0) is 12.8. The maximum Gasteiger partial charge on any atom is 0.124 e. The van der Waals surface area contributed by atoms with E-state index < -0.39 is 0 Å². The van der Waals surface area contributed by atoms with Gasteiger partial charge in [0, 0.05) is 18.7 Å². The number of ether oxygens (including phenoxy) is 3. The summed E-state index contributed by atoms with van der Waals surface area (Å²) in [6.45, 7) is 5.01. The molecule has 18 heavy (non-hydrogen) atoms. The predicted octanol–water partition coefficient (Wildman–Crippen LogP) is 1.59. The molecular weight excluding hydrogens is 230 g/mol. The molecule has 1 N–H and O–H groups in total. The van der Waals surface area contributed by atoms with Crippen LogP contribution >= 0.6 is 0 Å². The molecule has 1 saturated heterocycles. The molecule has 0 aromatic heterocycles. The van der Waals surface area contributed by atoms with Gasteiger partial charge in [-0.1, -0.05) is 18.2 Å². The first-order valence-corrected chi connectivity index (χ1v) is 6.35. The van der Waals surface area contributed by atoms with Crippen molar-refractivity contribution < 1.29 is 14.2 Å². The number of para-hydroxylation sites is 1. The van der Waals surface area contributed by atoms with Crippen molar-refractivity contribution in [3.8, 4) is 5.75 Å². The molecule has 2 atom stereocenters. The van der Waals surface area contributed by atoms with E-state index in [9.17, 15) is 0 Å². The Morgan fingerprint density at radius 3 is 2.94 bits per heavy atom. The van der Waals surface area contributed by atoms with Gasteiger partial charge in [0.1, 0.15) is 5.75 Å². The number of benzene rings is 1. The van der Waals surface area contributed by atoms with Gasteiger partial charge in [-0.25, -0.2) is 0 Å². The van der Waals surface area contributed by atoms with E-state index in [0.717, 1.165) is 24.4 Å². The summed E-state index contributed by atoms with van der Waals surface area (Å²) in [5, 5.41) is 3.33. The van der Waals surface area contributed by atoms with E-state index in [2.05, 4.69) is 12.2 Å². The molecular formula is C14H21NO3. The summed E-state index contributed by atoms with van der Waals surface area (Å²) >= 11 is 0. The van der Waals surface area contributed by atoms with Crippen molar-refractivity contribution in [3.05, 3.63) is 29.8 Å². The van der Waals surface area contributed by atoms with Crippen LogP contribution in [0, 0.1) is 0 Å². The SMILES string of the molecule is COc1ccccc1COCC1CNCC(C)O1. The number of nitrogens with one attached hydrogen (secondary N) is 1. The summed E-state index contributed by atoms with van der Waals surface area (Å²) < 4.78 is 16.7. The van der Waals surface area contributed by atoms with Crippen LogP contribution in [0.15, 0.2) is 24.3 Å². The van der Waals surface area contributed by atoms with E-state index in [4.69, 9.17) is 14.2 Å². The van der Waals surface area contributed by atoms with Gasteiger partial charge in [0.05, 0.1) is 32.5 Å². The van der Waals surface area contributed by atoms with Crippen molar-refractivity contribution in [2.75, 3.05) is 26.8 Å². The predicted molar refractivity (Wildman–Crippen MR) is 69.9 cm³/mol. The van der Waals surface area contributed by atoms with Crippen LogP contribution < -0.4 is 10.1 Å². The Bertz CT molecular complexity index is 370. The standard InChI is InChI=1S/C14H21NO3/c1-11-7-15-8-13(18-11)10-17-9-12-5-3-4-6-14(12)16-2/h3-6,11,13,15H,7-10H2,1-2H3. The summed E-state index contributed by atoms with van der Waals surface area (Å²) in [5.74, 6) is 0.869. The van der Waals surface area contributed by atoms with Crippen LogP contribution in [0.25, 0.3) is 0 Å². The molecule has 1 fully saturated rings. The van der Waals surface area contributed by atoms with Crippen LogP contribution in [-0.2, 0) is 16.1 Å². The zero-order valence-corrected chi connectivity index (χ0v) is 11.0. The van der Waals surface area contributed by atoms with Crippen LogP contribution in [0.2, 0.25) is 0 Å². The quantitative estimate of drug-likeness (QED) is 0.862. The molecule has 4 nitrogen and oxygen atoms in total. The third-order valence-corrected chi connectivity index (χ3v) is 2.98. The Morgan fingerprint density at radius 2 is 2.17 bits per heavy atom. The monoisotopic (exact) mass is 251 g/mol. The minimum absolute atomic E-state index is 0.142. The molecule has 0 spiro atoms. The van der Waals surface area contributed by atoms with Crippen LogP contribution in [0.4, 0.5) is 0 Å². The van der Waals surface area contributed by atoms with E-state index in [-0.39, 0.29) is 12.2 Å². The topological polar surface area (TPSA) is 39.7 Å². The number of methoxy groups -OCH3 is 1. The van der Waals surface area contributed by atoms with Crippen LogP contribution in [-0.4, -0.2) is 39.0 Å². The summed E-state index contributed by atoms with van der Waals surface area (Å²) in [4.78, 5) is 0. The highest BCUT2D eigenvalue weighted by molar-refractivity contribution is 5.32. The lowest BCUT2D eigenvalue weighted by molar-refractivity contribution is -0.0717. The molecule has 2 rings (SSSR count). The zero-order valence-electron chi connectivity index (χ0n) is 11.0. The summed E-state index contributed by atoms with van der Waals surface area (Å²) in [6.07, 6.45) is 0.405. The van der Waals surface area contributed by atoms with Gasteiger partial charge in [-0.3, -0.25) is 0 Å². The highest BCUT2D eigenvalue weighted by Crippen LogP contribution is 2.18. The molecule has 1 aliphatic heterocycles. The van der Waals surface area contributed by atoms with E-state index in [1.807, 2.05) is 24.3 Å². The molecule has 1 aliphatic rings. The Labute approximate surface area is 108 Å². The van der Waals surface area contributed by atoms with Gasteiger partial charge in [0.15, 0.2) is 0 Å². The number of hydrogen-bond donors (Lipinski definition) is 1. The van der Waals surface area contributed by atoms with E-state index in [1.54, 1.807) is 7.11 Å². The molecule has 1 aromatic rings. The lowest BCUT2D eigenvalue weighted by Crippen LogP contribution is -2.45. The van der Waals surface area contributed by atoms with Crippen LogP contribution in [0.1, 0.15) is 12.5 Å². The average Bonchev–Trinajstić information content (AvgIpc) is 2.39. The third kappa shape index (κ3) is 3.70. The normalized spacial score (nSPS) is 23.9. The highest BCUT2D eigenvalue weighted by atomic mass is 16.5. The van der Waals surface area contributed by atoms with Gasteiger partial charge in [0.25, 0.3) is 0 Å². The largest absolute Gasteiger partial charge is 0.496 e. The summed E-state index contributed by atoms with van der Waals surface area (Å²) in [6, 6.07) is 7.90. The van der Waals surface area contributed by atoms with Gasteiger partial charge in [-0.05, 0) is 13.0 Å². The Hall–Kier alpha value is -1.10. The van der Waals surface area contributed by atoms with Gasteiger partial charge < -0.3 is 19.5 Å². The number of morpholine rings is 1. The molecule has 0 radical (unpaired) electrons. The second kappa shape index (κ2) is 6.73. The summed E-state index contributed by atoms with van der Waals surface area (Å²) in [7, 11) is 1.68. The minimum atomic E-state index is 0.142. The maximum atomic E-state index is 5.76. The van der Waals surface area contributed by atoms with Gasteiger partial charge in [-0.2, -0.15) is 0 Å². The third-order valence-electron chi connectivity index (χ3n) is 2.98. The van der Waals surface area contributed by atoms with Crippen LogP contribution in [0.3, 0.4) is 0 Å². The summed E-state index contributed by atoms with van der Waals surface area (Å²) in [5.41, 5.74) is 1.07. The fourth-order valence-electron chi connectivity index (χ4n) is 2.09.